The minimum absolute atomic E-state index is 0.563. The van der Waals surface area contributed by atoms with Gasteiger partial charge < -0.3 is 10.1 Å². The number of nitrogens with one attached hydrogen (secondary N) is 1. The lowest BCUT2D eigenvalue weighted by molar-refractivity contribution is -0.00651. The molecule has 2 aliphatic carbocycles. The van der Waals surface area contributed by atoms with Crippen LogP contribution in [-0.4, -0.2) is 25.3 Å². The number of hydrogen-bond donors (Lipinski definition) is 1. The van der Waals surface area contributed by atoms with Crippen molar-refractivity contribution in [1.29, 1.82) is 0 Å². The molecule has 0 heterocycles. The van der Waals surface area contributed by atoms with Gasteiger partial charge in [0.1, 0.15) is 0 Å². The van der Waals surface area contributed by atoms with Crippen LogP contribution in [0.1, 0.15) is 64.7 Å². The summed E-state index contributed by atoms with van der Waals surface area (Å²) in [5.41, 5.74) is 0. The minimum atomic E-state index is 0.563. The van der Waals surface area contributed by atoms with E-state index >= 15 is 0 Å². The SMILES string of the molecule is CC1CCCCC1OCCCCCNC1CC1. The predicted octanol–water partition coefficient (Wildman–Crippen LogP) is 3.50. The average Bonchev–Trinajstić information content (AvgIpc) is 3.14. The van der Waals surface area contributed by atoms with Crippen LogP contribution >= 0.6 is 0 Å². The molecule has 0 aromatic heterocycles. The Morgan fingerprint density at radius 2 is 1.82 bits per heavy atom. The van der Waals surface area contributed by atoms with E-state index < -0.39 is 0 Å². The third-order valence-electron chi connectivity index (χ3n) is 4.20. The molecule has 2 heteroatoms. The van der Waals surface area contributed by atoms with Gasteiger partial charge in [0.15, 0.2) is 0 Å². The van der Waals surface area contributed by atoms with Crippen molar-refractivity contribution in [3.05, 3.63) is 0 Å². The van der Waals surface area contributed by atoms with Crippen molar-refractivity contribution >= 4 is 0 Å². The standard InChI is InChI=1S/C15H29NO/c1-13-7-3-4-8-15(13)17-12-6-2-5-11-16-14-9-10-14/h13-16H,2-12H2,1H3. The molecule has 0 bridgehead atoms. The van der Waals surface area contributed by atoms with Gasteiger partial charge in [-0.25, -0.2) is 0 Å². The first kappa shape index (κ1) is 13.4. The van der Waals surface area contributed by atoms with Gasteiger partial charge in [0.2, 0.25) is 0 Å². The summed E-state index contributed by atoms with van der Waals surface area (Å²) >= 11 is 0. The van der Waals surface area contributed by atoms with Crippen molar-refractivity contribution < 1.29 is 4.74 Å². The van der Waals surface area contributed by atoms with Crippen molar-refractivity contribution in [3.63, 3.8) is 0 Å². The summed E-state index contributed by atoms with van der Waals surface area (Å²) in [5.74, 6) is 0.792. The molecule has 0 saturated heterocycles. The lowest BCUT2D eigenvalue weighted by atomic mass is 9.88. The number of ether oxygens (including phenoxy) is 1. The first-order valence-corrected chi connectivity index (χ1v) is 7.71. The lowest BCUT2D eigenvalue weighted by Crippen LogP contribution is -2.26. The van der Waals surface area contributed by atoms with E-state index in [4.69, 9.17) is 4.74 Å². The fourth-order valence-electron chi connectivity index (χ4n) is 2.76. The van der Waals surface area contributed by atoms with Gasteiger partial charge in [-0.05, 0) is 57.4 Å². The highest BCUT2D eigenvalue weighted by Crippen LogP contribution is 2.26. The number of rotatable bonds is 8. The van der Waals surface area contributed by atoms with Gasteiger partial charge in [-0.1, -0.05) is 19.8 Å². The summed E-state index contributed by atoms with van der Waals surface area (Å²) in [6.45, 7) is 4.55. The third kappa shape index (κ3) is 5.39. The van der Waals surface area contributed by atoms with Crippen LogP contribution in [0, 0.1) is 5.92 Å². The maximum Gasteiger partial charge on any atom is 0.0600 e. The summed E-state index contributed by atoms with van der Waals surface area (Å²) in [6, 6.07) is 0.870. The van der Waals surface area contributed by atoms with Crippen LogP contribution in [0.3, 0.4) is 0 Å². The Balaban J connectivity index is 1.39. The third-order valence-corrected chi connectivity index (χ3v) is 4.20. The van der Waals surface area contributed by atoms with E-state index in [0.717, 1.165) is 18.6 Å². The molecule has 100 valence electrons. The van der Waals surface area contributed by atoms with Crippen molar-refractivity contribution in [1.82, 2.24) is 5.32 Å². The molecule has 2 fully saturated rings. The summed E-state index contributed by atoms with van der Waals surface area (Å²) in [4.78, 5) is 0. The second-order valence-electron chi connectivity index (χ2n) is 5.96. The van der Waals surface area contributed by atoms with E-state index in [0.29, 0.717) is 6.10 Å². The fraction of sp³-hybridized carbons (Fsp3) is 1.00. The van der Waals surface area contributed by atoms with E-state index in [1.165, 1.54) is 64.3 Å². The second kappa shape index (κ2) is 7.38. The van der Waals surface area contributed by atoms with Crippen molar-refractivity contribution in [3.8, 4) is 0 Å². The van der Waals surface area contributed by atoms with Gasteiger partial charge in [-0.3, -0.25) is 0 Å². The normalized spacial score (nSPS) is 29.5. The Kier molecular flexibility index (Phi) is 5.79. The molecule has 2 unspecified atom stereocenters. The molecular weight excluding hydrogens is 210 g/mol. The molecule has 0 aliphatic heterocycles. The van der Waals surface area contributed by atoms with Crippen LogP contribution in [-0.2, 0) is 4.74 Å². The molecule has 0 aromatic carbocycles. The van der Waals surface area contributed by atoms with Crippen molar-refractivity contribution in [2.24, 2.45) is 5.92 Å². The van der Waals surface area contributed by atoms with Gasteiger partial charge in [-0.2, -0.15) is 0 Å². The Bertz CT molecular complexity index is 203. The van der Waals surface area contributed by atoms with E-state index in [1.54, 1.807) is 0 Å². The maximum absolute atomic E-state index is 6.01. The molecule has 2 rings (SSSR count). The molecule has 2 atom stereocenters. The molecule has 0 spiro atoms. The Morgan fingerprint density at radius 3 is 2.59 bits per heavy atom. The Labute approximate surface area is 107 Å². The summed E-state index contributed by atoms with van der Waals surface area (Å²) in [6.07, 6.45) is 12.7. The van der Waals surface area contributed by atoms with Crippen molar-refractivity contribution in [2.45, 2.75) is 76.9 Å². The number of hydrogen-bond acceptors (Lipinski definition) is 2. The fourth-order valence-corrected chi connectivity index (χ4v) is 2.76. The number of unbranched alkanes of at least 4 members (excludes halogenated alkanes) is 2. The molecule has 0 radical (unpaired) electrons. The van der Waals surface area contributed by atoms with E-state index in [1.807, 2.05) is 0 Å². The first-order chi connectivity index (χ1) is 8.36. The lowest BCUT2D eigenvalue weighted by Gasteiger charge is -2.28. The van der Waals surface area contributed by atoms with Crippen LogP contribution in [0.25, 0.3) is 0 Å². The Morgan fingerprint density at radius 1 is 1.00 bits per heavy atom. The van der Waals surface area contributed by atoms with Gasteiger partial charge in [0, 0.05) is 12.6 Å². The average molecular weight is 239 g/mol. The van der Waals surface area contributed by atoms with Crippen LogP contribution in [0.4, 0.5) is 0 Å². The molecule has 2 aliphatic rings. The molecule has 0 amide bonds. The van der Waals surface area contributed by atoms with E-state index in [2.05, 4.69) is 12.2 Å². The van der Waals surface area contributed by atoms with E-state index in [9.17, 15) is 0 Å². The summed E-state index contributed by atoms with van der Waals surface area (Å²) < 4.78 is 6.01. The van der Waals surface area contributed by atoms with Gasteiger partial charge in [0.05, 0.1) is 6.10 Å². The monoisotopic (exact) mass is 239 g/mol. The molecule has 2 nitrogen and oxygen atoms in total. The molecule has 0 aromatic rings. The summed E-state index contributed by atoms with van der Waals surface area (Å²) in [5, 5.41) is 3.56. The van der Waals surface area contributed by atoms with E-state index in [-0.39, 0.29) is 0 Å². The zero-order valence-electron chi connectivity index (χ0n) is 11.4. The molecule has 1 N–H and O–H groups in total. The van der Waals surface area contributed by atoms with Crippen LogP contribution in [0.5, 0.6) is 0 Å². The Hall–Kier alpha value is -0.0800. The van der Waals surface area contributed by atoms with Crippen molar-refractivity contribution in [2.75, 3.05) is 13.2 Å². The zero-order valence-corrected chi connectivity index (χ0v) is 11.4. The largest absolute Gasteiger partial charge is 0.378 e. The summed E-state index contributed by atoms with van der Waals surface area (Å²) in [7, 11) is 0. The maximum atomic E-state index is 6.01. The quantitative estimate of drug-likeness (QED) is 0.655. The molecule has 17 heavy (non-hydrogen) atoms. The predicted molar refractivity (Wildman–Crippen MR) is 72.2 cm³/mol. The highest BCUT2D eigenvalue weighted by Gasteiger charge is 2.21. The van der Waals surface area contributed by atoms with Gasteiger partial charge >= 0.3 is 0 Å². The zero-order chi connectivity index (χ0) is 11.9. The topological polar surface area (TPSA) is 21.3 Å². The smallest absolute Gasteiger partial charge is 0.0600 e. The molecule has 2 saturated carbocycles. The first-order valence-electron chi connectivity index (χ1n) is 7.71. The van der Waals surface area contributed by atoms with Crippen LogP contribution in [0.15, 0.2) is 0 Å². The second-order valence-corrected chi connectivity index (χ2v) is 5.96. The van der Waals surface area contributed by atoms with Gasteiger partial charge in [0.25, 0.3) is 0 Å². The highest BCUT2D eigenvalue weighted by molar-refractivity contribution is 4.80. The highest BCUT2D eigenvalue weighted by atomic mass is 16.5. The minimum Gasteiger partial charge on any atom is -0.378 e. The van der Waals surface area contributed by atoms with Crippen LogP contribution in [0.2, 0.25) is 0 Å². The molecular formula is C15H29NO. The van der Waals surface area contributed by atoms with Crippen LogP contribution < -0.4 is 5.32 Å². The van der Waals surface area contributed by atoms with Gasteiger partial charge in [-0.15, -0.1) is 0 Å².